The van der Waals surface area contributed by atoms with Crippen LogP contribution in [0.15, 0.2) is 0 Å². The summed E-state index contributed by atoms with van der Waals surface area (Å²) in [5.74, 6) is -0.706. The van der Waals surface area contributed by atoms with E-state index in [1.807, 2.05) is 0 Å². The molecular formula is C8H13NO4. The second kappa shape index (κ2) is 4.23. The zero-order valence-electron chi connectivity index (χ0n) is 7.52. The molecule has 1 heterocycles. The Labute approximate surface area is 76.3 Å². The number of hydrogen-bond donors (Lipinski definition) is 1. The van der Waals surface area contributed by atoms with E-state index in [0.29, 0.717) is 13.0 Å². The van der Waals surface area contributed by atoms with Gasteiger partial charge in [-0.3, -0.25) is 4.79 Å². The topological polar surface area (TPSA) is 66.8 Å². The van der Waals surface area contributed by atoms with Gasteiger partial charge in [-0.15, -0.1) is 0 Å². The molecule has 1 aliphatic rings. The van der Waals surface area contributed by atoms with Crippen LogP contribution < -0.4 is 0 Å². The molecule has 1 unspecified atom stereocenters. The van der Waals surface area contributed by atoms with Crippen molar-refractivity contribution in [3.05, 3.63) is 0 Å². The Kier molecular flexibility index (Phi) is 3.25. The number of aliphatic hydroxyl groups is 1. The predicted molar refractivity (Wildman–Crippen MR) is 43.8 cm³/mol. The zero-order chi connectivity index (χ0) is 9.84. The highest BCUT2D eigenvalue weighted by molar-refractivity contribution is 5.80. The Morgan fingerprint density at radius 1 is 1.77 bits per heavy atom. The van der Waals surface area contributed by atoms with Crippen molar-refractivity contribution in [2.24, 2.45) is 0 Å². The van der Waals surface area contributed by atoms with Gasteiger partial charge in [0.15, 0.2) is 6.10 Å². The summed E-state index contributed by atoms with van der Waals surface area (Å²) in [5, 5.41) is 9.23. The fraction of sp³-hybridized carbons (Fsp3) is 0.750. The Morgan fingerprint density at radius 2 is 2.46 bits per heavy atom. The fourth-order valence-corrected chi connectivity index (χ4v) is 1.32. The molecule has 1 N–H and O–H groups in total. The van der Waals surface area contributed by atoms with E-state index in [1.54, 1.807) is 0 Å². The highest BCUT2D eigenvalue weighted by atomic mass is 16.5. The number of nitrogens with zero attached hydrogens (tertiary/aromatic N) is 1. The summed E-state index contributed by atoms with van der Waals surface area (Å²) >= 11 is 0. The zero-order valence-corrected chi connectivity index (χ0v) is 7.52. The summed E-state index contributed by atoms with van der Waals surface area (Å²) < 4.78 is 4.33. The lowest BCUT2D eigenvalue weighted by Gasteiger charge is -2.17. The standard InChI is InChI=1S/C8H13NO4/c1-13-8(12)6(10)5-9-4-2-3-7(9)11/h6,10H,2-5H2,1H3. The van der Waals surface area contributed by atoms with E-state index < -0.39 is 12.1 Å². The SMILES string of the molecule is COC(=O)C(O)CN1CCCC1=O. The van der Waals surface area contributed by atoms with Crippen LogP contribution in [0.3, 0.4) is 0 Å². The summed E-state index contributed by atoms with van der Waals surface area (Å²) in [6.45, 7) is 0.665. The van der Waals surface area contributed by atoms with Crippen LogP contribution in [-0.2, 0) is 14.3 Å². The third kappa shape index (κ3) is 2.42. The van der Waals surface area contributed by atoms with Gasteiger partial charge in [0.25, 0.3) is 0 Å². The average Bonchev–Trinajstić information content (AvgIpc) is 2.50. The molecule has 5 nitrogen and oxygen atoms in total. The third-order valence-corrected chi connectivity index (χ3v) is 2.04. The molecule has 13 heavy (non-hydrogen) atoms. The number of methoxy groups -OCH3 is 1. The van der Waals surface area contributed by atoms with Gasteiger partial charge in [-0.1, -0.05) is 0 Å². The number of ether oxygens (including phenoxy) is 1. The Hall–Kier alpha value is -1.10. The van der Waals surface area contributed by atoms with E-state index in [2.05, 4.69) is 4.74 Å². The van der Waals surface area contributed by atoms with Crippen molar-refractivity contribution in [2.75, 3.05) is 20.2 Å². The molecule has 1 rings (SSSR count). The van der Waals surface area contributed by atoms with Crippen molar-refractivity contribution in [3.8, 4) is 0 Å². The Bertz CT molecular complexity index is 216. The first kappa shape index (κ1) is 9.98. The van der Waals surface area contributed by atoms with Crippen molar-refractivity contribution in [1.29, 1.82) is 0 Å². The number of esters is 1. The van der Waals surface area contributed by atoms with Crippen LogP contribution in [0.5, 0.6) is 0 Å². The van der Waals surface area contributed by atoms with Gasteiger partial charge >= 0.3 is 5.97 Å². The van der Waals surface area contributed by atoms with E-state index >= 15 is 0 Å². The minimum absolute atomic E-state index is 0.0112. The monoisotopic (exact) mass is 187 g/mol. The predicted octanol–water partition coefficient (Wildman–Crippen LogP) is -0.857. The molecular weight excluding hydrogens is 174 g/mol. The molecule has 1 amide bonds. The summed E-state index contributed by atoms with van der Waals surface area (Å²) in [7, 11) is 1.21. The largest absolute Gasteiger partial charge is 0.467 e. The highest BCUT2D eigenvalue weighted by Gasteiger charge is 2.25. The Balaban J connectivity index is 2.39. The molecule has 1 fully saturated rings. The number of amides is 1. The van der Waals surface area contributed by atoms with E-state index in [-0.39, 0.29) is 12.5 Å². The second-order valence-corrected chi connectivity index (χ2v) is 2.98. The number of carbonyl (C=O) groups excluding carboxylic acids is 2. The molecule has 0 spiro atoms. The van der Waals surface area contributed by atoms with Gasteiger partial charge in [-0.05, 0) is 6.42 Å². The molecule has 0 aromatic heterocycles. The van der Waals surface area contributed by atoms with E-state index in [1.165, 1.54) is 12.0 Å². The van der Waals surface area contributed by atoms with Crippen molar-refractivity contribution in [1.82, 2.24) is 4.90 Å². The van der Waals surface area contributed by atoms with Gasteiger partial charge in [0.1, 0.15) is 0 Å². The Morgan fingerprint density at radius 3 is 2.92 bits per heavy atom. The van der Waals surface area contributed by atoms with Crippen molar-refractivity contribution < 1.29 is 19.4 Å². The number of hydrogen-bond acceptors (Lipinski definition) is 4. The number of β-amino-alcohol motifs (C(OH)–C–C–N with tert-alkyl or cyclic N) is 1. The molecule has 0 saturated carbocycles. The molecule has 1 atom stereocenters. The number of rotatable bonds is 3. The lowest BCUT2D eigenvalue weighted by molar-refractivity contribution is -0.152. The number of carbonyl (C=O) groups is 2. The first-order valence-corrected chi connectivity index (χ1v) is 4.19. The van der Waals surface area contributed by atoms with Crippen LogP contribution in [0.25, 0.3) is 0 Å². The molecule has 1 aliphatic heterocycles. The summed E-state index contributed by atoms with van der Waals surface area (Å²) in [6.07, 6.45) is 0.0905. The molecule has 0 bridgehead atoms. The van der Waals surface area contributed by atoms with Gasteiger partial charge in [-0.25, -0.2) is 4.79 Å². The normalized spacial score (nSPS) is 18.9. The lowest BCUT2D eigenvalue weighted by Crippen LogP contribution is -2.38. The van der Waals surface area contributed by atoms with Crippen LogP contribution in [0.4, 0.5) is 0 Å². The molecule has 0 aromatic rings. The molecule has 74 valence electrons. The first-order valence-electron chi connectivity index (χ1n) is 4.19. The van der Waals surface area contributed by atoms with Crippen LogP contribution >= 0.6 is 0 Å². The minimum Gasteiger partial charge on any atom is -0.467 e. The molecule has 5 heteroatoms. The van der Waals surface area contributed by atoms with Crippen molar-refractivity contribution in [2.45, 2.75) is 18.9 Å². The summed E-state index contributed by atoms with van der Waals surface area (Å²) in [6, 6.07) is 0. The number of aliphatic hydroxyl groups excluding tert-OH is 1. The van der Waals surface area contributed by atoms with Crippen LogP contribution in [0, 0.1) is 0 Å². The average molecular weight is 187 g/mol. The fourth-order valence-electron chi connectivity index (χ4n) is 1.32. The van der Waals surface area contributed by atoms with Crippen LogP contribution in [-0.4, -0.2) is 48.2 Å². The maximum Gasteiger partial charge on any atom is 0.336 e. The van der Waals surface area contributed by atoms with Gasteiger partial charge in [0, 0.05) is 13.0 Å². The third-order valence-electron chi connectivity index (χ3n) is 2.04. The lowest BCUT2D eigenvalue weighted by atomic mass is 10.3. The van der Waals surface area contributed by atoms with E-state index in [0.717, 1.165) is 6.42 Å². The van der Waals surface area contributed by atoms with Gasteiger partial charge in [0.2, 0.25) is 5.91 Å². The summed E-state index contributed by atoms with van der Waals surface area (Å²) in [5.41, 5.74) is 0. The molecule has 0 aromatic carbocycles. The number of likely N-dealkylation sites (tertiary alicyclic amines) is 1. The maximum absolute atomic E-state index is 11.1. The van der Waals surface area contributed by atoms with Crippen molar-refractivity contribution in [3.63, 3.8) is 0 Å². The summed E-state index contributed by atoms with van der Waals surface area (Å²) in [4.78, 5) is 23.4. The van der Waals surface area contributed by atoms with Crippen molar-refractivity contribution >= 4 is 11.9 Å². The van der Waals surface area contributed by atoms with Crippen LogP contribution in [0.1, 0.15) is 12.8 Å². The van der Waals surface area contributed by atoms with Crippen LogP contribution in [0.2, 0.25) is 0 Å². The minimum atomic E-state index is -1.22. The molecule has 0 radical (unpaired) electrons. The molecule has 1 saturated heterocycles. The van der Waals surface area contributed by atoms with E-state index in [4.69, 9.17) is 0 Å². The van der Waals surface area contributed by atoms with Gasteiger partial charge in [0.05, 0.1) is 13.7 Å². The first-order chi connectivity index (χ1) is 6.15. The molecule has 0 aliphatic carbocycles. The quantitative estimate of drug-likeness (QED) is 0.584. The van der Waals surface area contributed by atoms with E-state index in [9.17, 15) is 14.7 Å². The second-order valence-electron chi connectivity index (χ2n) is 2.98. The van der Waals surface area contributed by atoms with Gasteiger partial charge < -0.3 is 14.7 Å². The van der Waals surface area contributed by atoms with Gasteiger partial charge in [-0.2, -0.15) is 0 Å². The smallest absolute Gasteiger partial charge is 0.336 e. The maximum atomic E-state index is 11.1. The highest BCUT2D eigenvalue weighted by Crippen LogP contribution is 2.09.